The Balaban J connectivity index is 2.34. The second kappa shape index (κ2) is 6.06. The van der Waals surface area contributed by atoms with Crippen LogP contribution >= 0.6 is 27.5 Å². The van der Waals surface area contributed by atoms with Gasteiger partial charge in [0, 0.05) is 17.0 Å². The molecule has 1 aromatic carbocycles. The summed E-state index contributed by atoms with van der Waals surface area (Å²) in [5.74, 6) is -1.21. The van der Waals surface area contributed by atoms with Gasteiger partial charge in [-0.15, -0.1) is 5.10 Å². The molecule has 0 radical (unpaired) electrons. The van der Waals surface area contributed by atoms with Gasteiger partial charge in [-0.25, -0.2) is 8.78 Å². The number of nitrogens with two attached hydrogens (primary N) is 1. The predicted octanol–water partition coefficient (Wildman–Crippen LogP) is 4.12. The Hall–Kier alpha value is -0.920. The Bertz CT molecular complexity index is 652. The maximum atomic E-state index is 14.0. The molecule has 1 unspecified atom stereocenters. The number of nitrogens with zero attached hydrogens (tertiary/aromatic N) is 2. The number of rotatable bonds is 3. The van der Waals surface area contributed by atoms with Crippen LogP contribution in [0.1, 0.15) is 42.9 Å². The van der Waals surface area contributed by atoms with Gasteiger partial charge in [0.2, 0.25) is 0 Å². The van der Waals surface area contributed by atoms with Crippen molar-refractivity contribution in [3.8, 4) is 0 Å². The minimum absolute atomic E-state index is 0.0230. The van der Waals surface area contributed by atoms with Crippen LogP contribution in [0.25, 0.3) is 0 Å². The van der Waals surface area contributed by atoms with Crippen LogP contribution in [0.3, 0.4) is 0 Å². The molecule has 0 amide bonds. The summed E-state index contributed by atoms with van der Waals surface area (Å²) in [4.78, 5) is 0.765. The number of hydrogen-bond donors (Lipinski definition) is 1. The quantitative estimate of drug-likeness (QED) is 0.820. The smallest absolute Gasteiger partial charge is 0.143 e. The maximum absolute atomic E-state index is 14.0. The van der Waals surface area contributed by atoms with E-state index in [1.54, 1.807) is 0 Å². The van der Waals surface area contributed by atoms with Crippen LogP contribution < -0.4 is 5.73 Å². The van der Waals surface area contributed by atoms with Crippen molar-refractivity contribution in [1.82, 2.24) is 9.59 Å². The lowest BCUT2D eigenvalue weighted by molar-refractivity contribution is 0.526. The highest BCUT2D eigenvalue weighted by atomic mass is 79.9. The van der Waals surface area contributed by atoms with Crippen molar-refractivity contribution in [1.29, 1.82) is 0 Å². The third kappa shape index (κ3) is 3.46. The van der Waals surface area contributed by atoms with Gasteiger partial charge >= 0.3 is 0 Å². The van der Waals surface area contributed by atoms with Crippen molar-refractivity contribution in [2.45, 2.75) is 38.6 Å². The zero-order chi connectivity index (χ0) is 15.8. The van der Waals surface area contributed by atoms with E-state index in [0.29, 0.717) is 0 Å². The second-order valence-electron chi connectivity index (χ2n) is 5.87. The summed E-state index contributed by atoms with van der Waals surface area (Å²) in [5.41, 5.74) is 6.68. The first-order valence-corrected chi connectivity index (χ1v) is 7.99. The molecule has 0 bridgehead atoms. The molecule has 114 valence electrons. The summed E-state index contributed by atoms with van der Waals surface area (Å²) in [6, 6.07) is 2.02. The van der Waals surface area contributed by atoms with Crippen LogP contribution in [-0.2, 0) is 11.8 Å². The third-order valence-corrected chi connectivity index (χ3v) is 4.59. The molecule has 1 heterocycles. The Labute approximate surface area is 134 Å². The van der Waals surface area contributed by atoms with E-state index in [1.807, 2.05) is 20.8 Å². The predicted molar refractivity (Wildman–Crippen MR) is 83.3 cm³/mol. The average Bonchev–Trinajstić information content (AvgIpc) is 2.88. The van der Waals surface area contributed by atoms with Gasteiger partial charge in [0.25, 0.3) is 0 Å². The maximum Gasteiger partial charge on any atom is 0.143 e. The zero-order valence-corrected chi connectivity index (χ0v) is 14.4. The van der Waals surface area contributed by atoms with Crippen molar-refractivity contribution < 1.29 is 8.78 Å². The molecule has 0 saturated carbocycles. The van der Waals surface area contributed by atoms with Gasteiger partial charge in [-0.1, -0.05) is 25.3 Å². The third-order valence-electron chi connectivity index (χ3n) is 3.12. The molecule has 3 nitrogen and oxygen atoms in total. The van der Waals surface area contributed by atoms with Gasteiger partial charge < -0.3 is 5.73 Å². The highest BCUT2D eigenvalue weighted by Gasteiger charge is 2.27. The minimum atomic E-state index is -0.611. The molecule has 0 aliphatic carbocycles. The molecule has 0 saturated heterocycles. The second-order valence-corrected chi connectivity index (χ2v) is 7.51. The van der Waals surface area contributed by atoms with Crippen LogP contribution in [0.15, 0.2) is 16.6 Å². The highest BCUT2D eigenvalue weighted by Crippen LogP contribution is 2.32. The van der Waals surface area contributed by atoms with Crippen LogP contribution in [0, 0.1) is 11.6 Å². The van der Waals surface area contributed by atoms with Gasteiger partial charge in [0.05, 0.1) is 15.0 Å². The topological polar surface area (TPSA) is 51.8 Å². The van der Waals surface area contributed by atoms with Gasteiger partial charge in [-0.3, -0.25) is 0 Å². The Kier molecular flexibility index (Phi) is 4.75. The first-order chi connectivity index (χ1) is 9.71. The summed E-state index contributed by atoms with van der Waals surface area (Å²) >= 11 is 4.24. The van der Waals surface area contributed by atoms with Crippen LogP contribution in [0.4, 0.5) is 8.78 Å². The van der Waals surface area contributed by atoms with Gasteiger partial charge in [0.15, 0.2) is 0 Å². The molecule has 0 spiro atoms. The van der Waals surface area contributed by atoms with Gasteiger partial charge in [0.1, 0.15) is 11.6 Å². The molecule has 7 heteroatoms. The SMILES string of the molecule is CC(C)(C)c1nnsc1C(N)Cc1c(F)ccc(Br)c1F. The summed E-state index contributed by atoms with van der Waals surface area (Å²) < 4.78 is 32.0. The largest absolute Gasteiger partial charge is 0.323 e. The first kappa shape index (κ1) is 16.5. The molecule has 2 aromatic rings. The lowest BCUT2D eigenvalue weighted by atomic mass is 9.89. The molecule has 2 rings (SSSR count). The summed E-state index contributed by atoms with van der Waals surface area (Å²) in [6.07, 6.45) is 0.0596. The van der Waals surface area contributed by atoms with Gasteiger partial charge in [-0.05, 0) is 46.0 Å². The van der Waals surface area contributed by atoms with E-state index < -0.39 is 17.7 Å². The number of benzene rings is 1. The van der Waals surface area contributed by atoms with E-state index in [2.05, 4.69) is 25.5 Å². The normalized spacial score (nSPS) is 13.5. The van der Waals surface area contributed by atoms with E-state index in [4.69, 9.17) is 5.73 Å². The molecule has 1 atom stereocenters. The number of halogens is 3. The Morgan fingerprint density at radius 1 is 1.33 bits per heavy atom. The molecular weight excluding hydrogens is 360 g/mol. The van der Waals surface area contributed by atoms with E-state index in [-0.39, 0.29) is 21.9 Å². The van der Waals surface area contributed by atoms with E-state index in [0.717, 1.165) is 10.6 Å². The Morgan fingerprint density at radius 3 is 2.62 bits per heavy atom. The number of hydrogen-bond acceptors (Lipinski definition) is 4. The van der Waals surface area contributed by atoms with Crippen molar-refractivity contribution in [3.05, 3.63) is 44.4 Å². The first-order valence-electron chi connectivity index (χ1n) is 6.42. The van der Waals surface area contributed by atoms with E-state index in [9.17, 15) is 8.78 Å². The monoisotopic (exact) mass is 375 g/mol. The van der Waals surface area contributed by atoms with E-state index >= 15 is 0 Å². The lowest BCUT2D eigenvalue weighted by Crippen LogP contribution is -2.21. The highest BCUT2D eigenvalue weighted by molar-refractivity contribution is 9.10. The molecular formula is C14H16BrF2N3S. The Morgan fingerprint density at radius 2 is 2.00 bits per heavy atom. The fraction of sp³-hybridized carbons (Fsp3) is 0.429. The summed E-state index contributed by atoms with van der Waals surface area (Å²) in [5, 5.41) is 4.10. The zero-order valence-electron chi connectivity index (χ0n) is 12.0. The van der Waals surface area contributed by atoms with Crippen molar-refractivity contribution in [2.75, 3.05) is 0 Å². The number of aromatic nitrogens is 2. The molecule has 0 aliphatic rings. The van der Waals surface area contributed by atoms with Crippen LogP contribution in [0.5, 0.6) is 0 Å². The summed E-state index contributed by atoms with van der Waals surface area (Å²) in [7, 11) is 0. The van der Waals surface area contributed by atoms with Crippen LogP contribution in [0.2, 0.25) is 0 Å². The van der Waals surface area contributed by atoms with Crippen molar-refractivity contribution in [3.63, 3.8) is 0 Å². The van der Waals surface area contributed by atoms with Crippen LogP contribution in [-0.4, -0.2) is 9.59 Å². The lowest BCUT2D eigenvalue weighted by Gasteiger charge is -2.19. The van der Waals surface area contributed by atoms with Crippen molar-refractivity contribution >= 4 is 27.5 Å². The average molecular weight is 376 g/mol. The minimum Gasteiger partial charge on any atom is -0.323 e. The van der Waals surface area contributed by atoms with E-state index in [1.165, 1.54) is 23.7 Å². The summed E-state index contributed by atoms with van der Waals surface area (Å²) in [6.45, 7) is 6.00. The molecule has 0 fully saturated rings. The molecule has 21 heavy (non-hydrogen) atoms. The molecule has 1 aromatic heterocycles. The van der Waals surface area contributed by atoms with Gasteiger partial charge in [-0.2, -0.15) is 0 Å². The standard InChI is InChI=1S/C14H16BrF2N3S/c1-14(2,3)13-12(21-20-19-13)10(18)6-7-9(16)5-4-8(15)11(7)17/h4-5,10H,6,18H2,1-3H3. The molecule has 2 N–H and O–H groups in total. The molecule has 0 aliphatic heterocycles. The van der Waals surface area contributed by atoms with Crippen molar-refractivity contribution in [2.24, 2.45) is 5.73 Å². The fourth-order valence-corrected chi connectivity index (χ4v) is 3.26. The fourth-order valence-electron chi connectivity index (χ4n) is 2.03.